The fraction of sp³-hybridized carbons (Fsp3) is 0.429. The van der Waals surface area contributed by atoms with Crippen molar-refractivity contribution in [1.82, 2.24) is 10.2 Å². The van der Waals surface area contributed by atoms with E-state index in [0.717, 1.165) is 16.9 Å². The summed E-state index contributed by atoms with van der Waals surface area (Å²) in [5.74, 6) is 0.776. The van der Waals surface area contributed by atoms with Gasteiger partial charge in [0, 0.05) is 18.7 Å². The minimum Gasteiger partial charge on any atom is -0.496 e. The van der Waals surface area contributed by atoms with Crippen molar-refractivity contribution in [1.29, 1.82) is 5.26 Å². The number of carbonyl (C=O) groups is 1. The second-order valence-electron chi connectivity index (χ2n) is 4.60. The van der Waals surface area contributed by atoms with Gasteiger partial charge in [0.05, 0.1) is 25.6 Å². The van der Waals surface area contributed by atoms with Gasteiger partial charge in [-0.05, 0) is 13.0 Å². The highest BCUT2D eigenvalue weighted by molar-refractivity contribution is 5.77. The molecule has 1 unspecified atom stereocenters. The molecule has 19 heavy (non-hydrogen) atoms. The van der Waals surface area contributed by atoms with Crippen LogP contribution in [0.5, 0.6) is 5.75 Å². The third-order valence-electron chi connectivity index (χ3n) is 3.24. The van der Waals surface area contributed by atoms with Crippen LogP contribution in [0.1, 0.15) is 23.6 Å². The number of hydrogen-bond acceptors (Lipinski definition) is 3. The molecule has 1 N–H and O–H groups in total. The molecule has 100 valence electrons. The quantitative estimate of drug-likeness (QED) is 0.899. The highest BCUT2D eigenvalue weighted by Gasteiger charge is 2.30. The van der Waals surface area contributed by atoms with Crippen molar-refractivity contribution in [3.05, 3.63) is 29.3 Å². The molecule has 1 aromatic carbocycles. The lowest BCUT2D eigenvalue weighted by Gasteiger charge is -2.15. The number of nitrogens with zero attached hydrogens (tertiary/aromatic N) is 2. The predicted octanol–water partition coefficient (Wildman–Crippen LogP) is 1.98. The zero-order valence-corrected chi connectivity index (χ0v) is 11.1. The van der Waals surface area contributed by atoms with Crippen molar-refractivity contribution in [2.45, 2.75) is 19.4 Å². The van der Waals surface area contributed by atoms with Crippen LogP contribution in [0.3, 0.4) is 0 Å². The molecule has 2 amide bonds. The summed E-state index contributed by atoms with van der Waals surface area (Å²) in [6.45, 7) is 3.04. The fourth-order valence-electron chi connectivity index (χ4n) is 2.27. The highest BCUT2D eigenvalue weighted by atomic mass is 16.5. The summed E-state index contributed by atoms with van der Waals surface area (Å²) in [5.41, 5.74) is 2.11. The van der Waals surface area contributed by atoms with E-state index in [9.17, 15) is 4.79 Å². The number of amides is 2. The Bertz CT molecular complexity index is 522. The Labute approximate surface area is 112 Å². The van der Waals surface area contributed by atoms with Crippen LogP contribution < -0.4 is 10.1 Å². The van der Waals surface area contributed by atoms with Gasteiger partial charge in [0.25, 0.3) is 0 Å². The van der Waals surface area contributed by atoms with Crippen molar-refractivity contribution in [2.75, 3.05) is 20.2 Å². The van der Waals surface area contributed by atoms with Crippen molar-refractivity contribution in [3.8, 4) is 11.8 Å². The first-order valence-electron chi connectivity index (χ1n) is 6.22. The summed E-state index contributed by atoms with van der Waals surface area (Å²) in [4.78, 5) is 13.5. The number of hydrogen-bond donors (Lipinski definition) is 1. The second-order valence-corrected chi connectivity index (χ2v) is 4.60. The number of ether oxygens (including phenoxy) is 1. The number of methoxy groups -OCH3 is 1. The Balaban J connectivity index is 2.18. The molecule has 1 atom stereocenters. The lowest BCUT2D eigenvalue weighted by atomic mass is 10.0. The van der Waals surface area contributed by atoms with Crippen LogP contribution in [0.15, 0.2) is 18.2 Å². The number of carbonyl (C=O) groups excluding carboxylic acids is 1. The van der Waals surface area contributed by atoms with Crippen LogP contribution in [0.4, 0.5) is 4.79 Å². The SMILES string of the molecule is COc1ccc(C)cc1C1CN(CCC#N)C(=O)N1. The zero-order chi connectivity index (χ0) is 13.8. The molecule has 0 bridgehead atoms. The molecule has 1 saturated heterocycles. The van der Waals surface area contributed by atoms with E-state index in [4.69, 9.17) is 10.00 Å². The van der Waals surface area contributed by atoms with Crippen LogP contribution in [0, 0.1) is 18.3 Å². The standard InChI is InChI=1S/C14H17N3O2/c1-10-4-5-13(19-2)11(8-10)12-9-17(7-3-6-15)14(18)16-12/h4-5,8,12H,3,7,9H2,1-2H3,(H,16,18). The molecule has 2 rings (SSSR count). The molecule has 0 spiro atoms. The number of nitriles is 1. The normalized spacial score (nSPS) is 18.1. The maximum Gasteiger partial charge on any atom is 0.318 e. The summed E-state index contributed by atoms with van der Waals surface area (Å²) in [5, 5.41) is 11.5. The smallest absolute Gasteiger partial charge is 0.318 e. The maximum absolute atomic E-state index is 11.8. The van der Waals surface area contributed by atoms with Gasteiger partial charge in [-0.15, -0.1) is 0 Å². The van der Waals surface area contributed by atoms with E-state index < -0.39 is 0 Å². The number of rotatable bonds is 4. The Morgan fingerprint density at radius 1 is 1.58 bits per heavy atom. The van der Waals surface area contributed by atoms with E-state index in [1.165, 1.54) is 0 Å². The van der Waals surface area contributed by atoms with Crippen molar-refractivity contribution in [2.24, 2.45) is 0 Å². The maximum atomic E-state index is 11.8. The largest absolute Gasteiger partial charge is 0.496 e. The Kier molecular flexibility index (Phi) is 3.91. The minimum absolute atomic E-state index is 0.0824. The van der Waals surface area contributed by atoms with Crippen LogP contribution in [-0.4, -0.2) is 31.1 Å². The monoisotopic (exact) mass is 259 g/mol. The molecule has 0 aromatic heterocycles. The van der Waals surface area contributed by atoms with Crippen molar-refractivity contribution >= 4 is 6.03 Å². The van der Waals surface area contributed by atoms with Gasteiger partial charge in [-0.3, -0.25) is 0 Å². The van der Waals surface area contributed by atoms with Gasteiger partial charge in [-0.25, -0.2) is 4.79 Å². The van der Waals surface area contributed by atoms with Crippen LogP contribution in [-0.2, 0) is 0 Å². The van der Waals surface area contributed by atoms with Crippen LogP contribution in [0.2, 0.25) is 0 Å². The lowest BCUT2D eigenvalue weighted by molar-refractivity contribution is 0.218. The molecule has 0 saturated carbocycles. The minimum atomic E-state index is -0.121. The van der Waals surface area contributed by atoms with E-state index in [0.29, 0.717) is 19.5 Å². The molecule has 5 heteroatoms. The fourth-order valence-corrected chi connectivity index (χ4v) is 2.27. The highest BCUT2D eigenvalue weighted by Crippen LogP contribution is 2.29. The summed E-state index contributed by atoms with van der Waals surface area (Å²) in [7, 11) is 1.62. The second kappa shape index (κ2) is 5.61. The molecule has 0 radical (unpaired) electrons. The third-order valence-corrected chi connectivity index (χ3v) is 3.24. The lowest BCUT2D eigenvalue weighted by Crippen LogP contribution is -2.28. The summed E-state index contributed by atoms with van der Waals surface area (Å²) in [6.07, 6.45) is 0.352. The van der Waals surface area contributed by atoms with E-state index in [1.807, 2.05) is 25.1 Å². The van der Waals surface area contributed by atoms with E-state index in [2.05, 4.69) is 11.4 Å². The molecular weight excluding hydrogens is 242 g/mol. The van der Waals surface area contributed by atoms with Gasteiger partial charge in [0.2, 0.25) is 0 Å². The number of aryl methyl sites for hydroxylation is 1. The Hall–Kier alpha value is -2.22. The molecule has 1 aliphatic heterocycles. The molecule has 1 aromatic rings. The molecule has 1 aliphatic rings. The van der Waals surface area contributed by atoms with Gasteiger partial charge < -0.3 is 15.0 Å². The van der Waals surface area contributed by atoms with Gasteiger partial charge in [0.15, 0.2) is 0 Å². The zero-order valence-electron chi connectivity index (χ0n) is 11.1. The average Bonchev–Trinajstić information content (AvgIpc) is 2.77. The van der Waals surface area contributed by atoms with Gasteiger partial charge in [-0.2, -0.15) is 5.26 Å². The predicted molar refractivity (Wildman–Crippen MR) is 70.8 cm³/mol. The molecule has 1 heterocycles. The topological polar surface area (TPSA) is 65.4 Å². The third kappa shape index (κ3) is 2.79. The van der Waals surface area contributed by atoms with Crippen LogP contribution >= 0.6 is 0 Å². The van der Waals surface area contributed by atoms with Crippen molar-refractivity contribution < 1.29 is 9.53 Å². The van der Waals surface area contributed by atoms with E-state index in [-0.39, 0.29) is 12.1 Å². The summed E-state index contributed by atoms with van der Waals surface area (Å²) in [6, 6.07) is 7.77. The molecular formula is C14H17N3O2. The number of urea groups is 1. The summed E-state index contributed by atoms with van der Waals surface area (Å²) >= 11 is 0. The Morgan fingerprint density at radius 2 is 2.37 bits per heavy atom. The van der Waals surface area contributed by atoms with Gasteiger partial charge in [-0.1, -0.05) is 17.7 Å². The first-order chi connectivity index (χ1) is 9.15. The Morgan fingerprint density at radius 3 is 3.05 bits per heavy atom. The summed E-state index contributed by atoms with van der Waals surface area (Å²) < 4.78 is 5.34. The molecule has 5 nitrogen and oxygen atoms in total. The molecule has 1 fully saturated rings. The molecule has 0 aliphatic carbocycles. The van der Waals surface area contributed by atoms with Crippen LogP contribution in [0.25, 0.3) is 0 Å². The first kappa shape index (κ1) is 13.2. The number of nitrogens with one attached hydrogen (secondary N) is 1. The average molecular weight is 259 g/mol. The van der Waals surface area contributed by atoms with E-state index >= 15 is 0 Å². The van der Waals surface area contributed by atoms with Crippen molar-refractivity contribution in [3.63, 3.8) is 0 Å². The van der Waals surface area contributed by atoms with Gasteiger partial charge in [0.1, 0.15) is 5.75 Å². The number of benzene rings is 1. The van der Waals surface area contributed by atoms with E-state index in [1.54, 1.807) is 12.0 Å². The first-order valence-corrected chi connectivity index (χ1v) is 6.22. The van der Waals surface area contributed by atoms with Gasteiger partial charge >= 0.3 is 6.03 Å².